The van der Waals surface area contributed by atoms with Crippen LogP contribution in [0.3, 0.4) is 0 Å². The van der Waals surface area contributed by atoms with Crippen LogP contribution in [0.1, 0.15) is 77.3 Å². The molecule has 1 amide bonds. The van der Waals surface area contributed by atoms with Crippen molar-refractivity contribution in [3.05, 3.63) is 71.8 Å². The van der Waals surface area contributed by atoms with Crippen LogP contribution in [0.5, 0.6) is 0 Å². The average Bonchev–Trinajstić information content (AvgIpc) is 2.91. The van der Waals surface area contributed by atoms with Gasteiger partial charge in [0.15, 0.2) is 0 Å². The van der Waals surface area contributed by atoms with Gasteiger partial charge >= 0.3 is 11.5 Å². The summed E-state index contributed by atoms with van der Waals surface area (Å²) >= 11 is 4.97. The zero-order chi connectivity index (χ0) is 27.0. The third-order valence-electron chi connectivity index (χ3n) is 7.06. The lowest BCUT2D eigenvalue weighted by molar-refractivity contribution is 0.0613. The maximum atomic E-state index is 12.0. The Labute approximate surface area is 228 Å². The number of amides is 1. The van der Waals surface area contributed by atoms with E-state index >= 15 is 0 Å². The Hall–Kier alpha value is -2.53. The summed E-state index contributed by atoms with van der Waals surface area (Å²) in [5.74, 6) is 2.61. The van der Waals surface area contributed by atoms with Gasteiger partial charge in [-0.05, 0) is 48.6 Å². The summed E-state index contributed by atoms with van der Waals surface area (Å²) in [6.07, 6.45) is 7.98. The van der Waals surface area contributed by atoms with Crippen molar-refractivity contribution in [3.8, 4) is 0 Å². The van der Waals surface area contributed by atoms with Crippen LogP contribution in [-0.4, -0.2) is 29.0 Å². The molecule has 1 aliphatic carbocycles. The van der Waals surface area contributed by atoms with E-state index in [4.69, 9.17) is 16.3 Å². The van der Waals surface area contributed by atoms with E-state index in [2.05, 4.69) is 32.4 Å². The number of hydrogen-bond donors (Lipinski definition) is 0. The molecule has 2 aromatic rings. The Kier molecular flexibility index (Phi) is 14.2. The van der Waals surface area contributed by atoms with Crippen molar-refractivity contribution < 1.29 is 19.1 Å². The van der Waals surface area contributed by atoms with E-state index in [9.17, 15) is 9.59 Å². The van der Waals surface area contributed by atoms with Crippen LogP contribution in [0, 0.1) is 17.8 Å². The maximum Gasteiger partial charge on any atom is 0.410 e. The number of likely N-dealkylation sites (tertiary alicyclic amines) is 1. The molecule has 5 nitrogen and oxygen atoms in total. The van der Waals surface area contributed by atoms with Gasteiger partial charge in [0.1, 0.15) is 13.2 Å². The molecule has 0 radical (unpaired) electrons. The van der Waals surface area contributed by atoms with Gasteiger partial charge in [-0.1, -0.05) is 107 Å². The molecule has 4 rings (SSSR count). The van der Waals surface area contributed by atoms with Crippen molar-refractivity contribution in [1.29, 1.82) is 0 Å². The van der Waals surface area contributed by atoms with Gasteiger partial charge in [-0.2, -0.15) is 0 Å². The van der Waals surface area contributed by atoms with Crippen molar-refractivity contribution in [1.82, 2.24) is 4.90 Å². The van der Waals surface area contributed by atoms with Crippen LogP contribution in [0.25, 0.3) is 0 Å². The van der Waals surface area contributed by atoms with Crippen LogP contribution in [-0.2, 0) is 22.7 Å². The van der Waals surface area contributed by atoms with Gasteiger partial charge in [0.25, 0.3) is 0 Å². The lowest BCUT2D eigenvalue weighted by Crippen LogP contribution is -2.45. The van der Waals surface area contributed by atoms with Gasteiger partial charge < -0.3 is 14.4 Å². The molecular formula is C31H44ClNO4. The minimum absolute atomic E-state index is 0.182. The number of piperidine rings is 1. The molecule has 0 aromatic heterocycles. The summed E-state index contributed by atoms with van der Waals surface area (Å²) in [5.41, 5.74) is 1.19. The van der Waals surface area contributed by atoms with Crippen molar-refractivity contribution >= 4 is 23.1 Å². The predicted molar refractivity (Wildman–Crippen MR) is 150 cm³/mol. The zero-order valence-corrected chi connectivity index (χ0v) is 23.7. The van der Waals surface area contributed by atoms with Crippen molar-refractivity contribution in [2.24, 2.45) is 17.8 Å². The van der Waals surface area contributed by atoms with Crippen LogP contribution >= 0.6 is 11.6 Å². The molecule has 6 heteroatoms. The molecule has 37 heavy (non-hydrogen) atoms. The SMILES string of the molecule is CC1CCC(C)CC1.C[C@H]1CC[C@H](C)N(C(=O)OCc2ccccc2)C1.O=C(Cl)OCc1ccccc1. The van der Waals surface area contributed by atoms with Gasteiger partial charge in [0.05, 0.1) is 0 Å². The Balaban J connectivity index is 0.000000215. The molecule has 204 valence electrons. The molecule has 2 aliphatic rings. The summed E-state index contributed by atoms with van der Waals surface area (Å²) in [4.78, 5) is 24.0. The third kappa shape index (κ3) is 13.0. The molecule has 1 heterocycles. The molecule has 1 saturated carbocycles. The second kappa shape index (κ2) is 17.1. The first-order valence-electron chi connectivity index (χ1n) is 13.6. The topological polar surface area (TPSA) is 55.8 Å². The average molecular weight is 530 g/mol. The largest absolute Gasteiger partial charge is 0.449 e. The van der Waals surface area contributed by atoms with E-state index in [1.165, 1.54) is 32.1 Å². The number of benzene rings is 2. The second-order valence-corrected chi connectivity index (χ2v) is 10.9. The first-order valence-corrected chi connectivity index (χ1v) is 14.0. The molecule has 1 aliphatic heterocycles. The number of hydrogen-bond acceptors (Lipinski definition) is 4. The fourth-order valence-corrected chi connectivity index (χ4v) is 4.54. The number of carbonyl (C=O) groups excluding carboxylic acids is 2. The van der Waals surface area contributed by atoms with Gasteiger partial charge in [0, 0.05) is 24.2 Å². The highest BCUT2D eigenvalue weighted by molar-refractivity contribution is 6.61. The smallest absolute Gasteiger partial charge is 0.410 e. The van der Waals surface area contributed by atoms with E-state index in [1.54, 1.807) is 0 Å². The monoisotopic (exact) mass is 529 g/mol. The molecule has 2 aromatic carbocycles. The summed E-state index contributed by atoms with van der Waals surface area (Å²) in [6.45, 7) is 10.4. The van der Waals surface area contributed by atoms with E-state index < -0.39 is 5.43 Å². The Morgan fingerprint density at radius 1 is 0.703 bits per heavy atom. The first-order chi connectivity index (χ1) is 17.7. The number of carbonyl (C=O) groups is 2. The highest BCUT2D eigenvalue weighted by Crippen LogP contribution is 2.27. The quantitative estimate of drug-likeness (QED) is 0.371. The minimum atomic E-state index is -0.770. The van der Waals surface area contributed by atoms with Crippen LogP contribution in [0.15, 0.2) is 60.7 Å². The summed E-state index contributed by atoms with van der Waals surface area (Å²) in [7, 11) is 0. The summed E-state index contributed by atoms with van der Waals surface area (Å²) in [6, 6.07) is 19.5. The van der Waals surface area contributed by atoms with Gasteiger partial charge in [0.2, 0.25) is 0 Å². The third-order valence-corrected chi connectivity index (χ3v) is 7.17. The second-order valence-electron chi connectivity index (χ2n) is 10.6. The number of ether oxygens (including phenoxy) is 2. The van der Waals surface area contributed by atoms with Gasteiger partial charge in [-0.15, -0.1) is 0 Å². The normalized spacial score (nSPS) is 22.9. The first kappa shape index (κ1) is 30.7. The highest BCUT2D eigenvalue weighted by atomic mass is 35.5. The predicted octanol–water partition coefficient (Wildman–Crippen LogP) is 8.84. The summed E-state index contributed by atoms with van der Waals surface area (Å²) in [5, 5.41) is 0. The van der Waals surface area contributed by atoms with E-state index in [1.807, 2.05) is 65.6 Å². The number of rotatable bonds is 4. The highest BCUT2D eigenvalue weighted by Gasteiger charge is 2.27. The molecule has 1 saturated heterocycles. The van der Waals surface area contributed by atoms with Crippen LogP contribution in [0.2, 0.25) is 0 Å². The standard InChI is InChI=1S/C15H21NO2.C8H7ClO2.C8H16/c1-12-8-9-13(2)16(10-12)15(17)18-11-14-6-4-3-5-7-14;9-8(10)11-6-7-4-2-1-3-5-7;1-7-3-5-8(2)6-4-7/h3-7,12-13H,8-11H2,1-2H3;1-5H,6H2;7-8H,3-6H2,1-2H3/t12-,13-;;/m0../s1. The lowest BCUT2D eigenvalue weighted by atomic mass is 9.84. The van der Waals surface area contributed by atoms with E-state index in [-0.39, 0.29) is 12.7 Å². The van der Waals surface area contributed by atoms with Gasteiger partial charge in [-0.25, -0.2) is 9.59 Å². The molecular weight excluding hydrogens is 486 g/mol. The zero-order valence-electron chi connectivity index (χ0n) is 22.9. The Morgan fingerprint density at radius 2 is 1.14 bits per heavy atom. The number of halogens is 1. The fraction of sp³-hybridized carbons (Fsp3) is 0.548. The molecule has 2 fully saturated rings. The minimum Gasteiger partial charge on any atom is -0.449 e. The maximum absolute atomic E-state index is 12.0. The fourth-order valence-electron chi connectivity index (χ4n) is 4.49. The molecule has 2 atom stereocenters. The van der Waals surface area contributed by atoms with Crippen LogP contribution in [0.4, 0.5) is 9.59 Å². The summed E-state index contributed by atoms with van der Waals surface area (Å²) < 4.78 is 9.93. The van der Waals surface area contributed by atoms with Crippen molar-refractivity contribution in [3.63, 3.8) is 0 Å². The van der Waals surface area contributed by atoms with E-state index in [0.29, 0.717) is 18.6 Å². The molecule has 0 spiro atoms. The molecule has 0 bridgehead atoms. The Morgan fingerprint density at radius 3 is 1.59 bits per heavy atom. The Bertz CT molecular complexity index is 890. The number of nitrogens with zero attached hydrogens (tertiary/aromatic N) is 1. The van der Waals surface area contributed by atoms with Crippen molar-refractivity contribution in [2.75, 3.05) is 6.54 Å². The van der Waals surface area contributed by atoms with E-state index in [0.717, 1.165) is 35.9 Å². The van der Waals surface area contributed by atoms with Crippen molar-refractivity contribution in [2.45, 2.75) is 85.5 Å². The van der Waals surface area contributed by atoms with Gasteiger partial charge in [-0.3, -0.25) is 0 Å². The van der Waals surface area contributed by atoms with Crippen LogP contribution < -0.4 is 0 Å². The molecule has 0 unspecified atom stereocenters. The lowest BCUT2D eigenvalue weighted by Gasteiger charge is -2.35. The molecule has 0 N–H and O–H groups in total.